The minimum Gasteiger partial charge on any atom is -0.315 e. The average molecular weight is 232 g/mol. The summed E-state index contributed by atoms with van der Waals surface area (Å²) < 4.78 is 0. The number of benzene rings is 1. The lowest BCUT2D eigenvalue weighted by Gasteiger charge is -2.28. The SMILES string of the molecule is CC(c1ccc2c(c1)CCC(=O)N2C)N(C)C. The predicted octanol–water partition coefficient (Wildman–Crippen LogP) is 2.22. The van der Waals surface area contributed by atoms with Gasteiger partial charge in [0.05, 0.1) is 0 Å². The fraction of sp³-hybridized carbons (Fsp3) is 0.500. The van der Waals surface area contributed by atoms with Gasteiger partial charge in [0.1, 0.15) is 0 Å². The van der Waals surface area contributed by atoms with Gasteiger partial charge in [0.15, 0.2) is 0 Å². The molecule has 2 rings (SSSR count). The number of fused-ring (bicyclic) bond motifs is 1. The third kappa shape index (κ3) is 2.20. The van der Waals surface area contributed by atoms with Crippen molar-refractivity contribution >= 4 is 11.6 Å². The molecule has 1 aliphatic heterocycles. The van der Waals surface area contributed by atoms with Crippen LogP contribution in [-0.2, 0) is 11.2 Å². The lowest BCUT2D eigenvalue weighted by atomic mass is 9.96. The van der Waals surface area contributed by atoms with Gasteiger partial charge in [-0.1, -0.05) is 12.1 Å². The molecule has 0 aliphatic carbocycles. The molecule has 0 aromatic heterocycles. The molecule has 1 aromatic carbocycles. The van der Waals surface area contributed by atoms with Crippen LogP contribution in [0.5, 0.6) is 0 Å². The first-order chi connectivity index (χ1) is 8.00. The van der Waals surface area contributed by atoms with E-state index in [9.17, 15) is 4.79 Å². The van der Waals surface area contributed by atoms with Gasteiger partial charge >= 0.3 is 0 Å². The van der Waals surface area contributed by atoms with E-state index in [2.05, 4.69) is 44.1 Å². The van der Waals surface area contributed by atoms with E-state index in [1.165, 1.54) is 11.1 Å². The summed E-state index contributed by atoms with van der Waals surface area (Å²) in [6.07, 6.45) is 1.50. The molecule has 0 saturated carbocycles. The Morgan fingerprint density at radius 1 is 1.29 bits per heavy atom. The molecule has 0 radical (unpaired) electrons. The Balaban J connectivity index is 2.35. The van der Waals surface area contributed by atoms with Crippen LogP contribution in [0.1, 0.15) is 30.5 Å². The van der Waals surface area contributed by atoms with Crippen molar-refractivity contribution in [2.75, 3.05) is 26.0 Å². The number of hydrogen-bond acceptors (Lipinski definition) is 2. The maximum Gasteiger partial charge on any atom is 0.227 e. The number of carbonyl (C=O) groups excluding carboxylic acids is 1. The zero-order chi connectivity index (χ0) is 12.6. The van der Waals surface area contributed by atoms with Gasteiger partial charge in [0, 0.05) is 25.2 Å². The number of carbonyl (C=O) groups is 1. The molecule has 1 amide bonds. The Hall–Kier alpha value is -1.35. The zero-order valence-corrected chi connectivity index (χ0v) is 11.0. The number of aryl methyl sites for hydroxylation is 1. The Kier molecular flexibility index (Phi) is 3.20. The second kappa shape index (κ2) is 4.49. The van der Waals surface area contributed by atoms with Crippen molar-refractivity contribution in [3.8, 4) is 0 Å². The summed E-state index contributed by atoms with van der Waals surface area (Å²) in [6, 6.07) is 6.84. The highest BCUT2D eigenvalue weighted by Gasteiger charge is 2.21. The second-order valence-corrected chi connectivity index (χ2v) is 4.98. The van der Waals surface area contributed by atoms with E-state index in [1.807, 2.05) is 7.05 Å². The summed E-state index contributed by atoms with van der Waals surface area (Å²) in [5, 5.41) is 0. The molecule has 0 N–H and O–H groups in total. The Morgan fingerprint density at radius 3 is 2.65 bits per heavy atom. The topological polar surface area (TPSA) is 23.6 Å². The second-order valence-electron chi connectivity index (χ2n) is 4.98. The fourth-order valence-corrected chi connectivity index (χ4v) is 2.23. The molecule has 0 saturated heterocycles. The molecule has 3 heteroatoms. The zero-order valence-electron chi connectivity index (χ0n) is 11.0. The Bertz CT molecular complexity index is 440. The number of anilines is 1. The highest BCUT2D eigenvalue weighted by molar-refractivity contribution is 5.95. The number of nitrogens with zero attached hydrogens (tertiary/aromatic N) is 2. The minimum absolute atomic E-state index is 0.214. The van der Waals surface area contributed by atoms with Crippen LogP contribution in [0.2, 0.25) is 0 Å². The Morgan fingerprint density at radius 2 is 2.00 bits per heavy atom. The van der Waals surface area contributed by atoms with E-state index in [1.54, 1.807) is 4.90 Å². The smallest absolute Gasteiger partial charge is 0.227 e. The van der Waals surface area contributed by atoms with Gasteiger partial charge in [0.2, 0.25) is 5.91 Å². The van der Waals surface area contributed by atoms with Gasteiger partial charge < -0.3 is 9.80 Å². The van der Waals surface area contributed by atoms with Gasteiger partial charge in [-0.25, -0.2) is 0 Å². The first kappa shape index (κ1) is 12.1. The first-order valence-corrected chi connectivity index (χ1v) is 6.06. The Labute approximate surface area is 103 Å². The lowest BCUT2D eigenvalue weighted by molar-refractivity contribution is -0.118. The van der Waals surface area contributed by atoms with Crippen LogP contribution in [0.3, 0.4) is 0 Å². The highest BCUT2D eigenvalue weighted by Crippen LogP contribution is 2.30. The van der Waals surface area contributed by atoms with Gasteiger partial charge in [-0.3, -0.25) is 4.79 Å². The summed E-state index contributed by atoms with van der Waals surface area (Å²) in [6.45, 7) is 2.19. The third-order valence-electron chi connectivity index (χ3n) is 3.70. The predicted molar refractivity (Wildman–Crippen MR) is 70.3 cm³/mol. The number of hydrogen-bond donors (Lipinski definition) is 0. The quantitative estimate of drug-likeness (QED) is 0.780. The van der Waals surface area contributed by atoms with Gasteiger partial charge in [0.25, 0.3) is 0 Å². The fourth-order valence-electron chi connectivity index (χ4n) is 2.23. The standard InChI is InChI=1S/C14H20N2O/c1-10(15(2)3)11-5-7-13-12(9-11)6-8-14(17)16(13)4/h5,7,9-10H,6,8H2,1-4H3. The van der Waals surface area contributed by atoms with Crippen LogP contribution in [-0.4, -0.2) is 32.0 Å². The van der Waals surface area contributed by atoms with Crippen molar-refractivity contribution in [2.24, 2.45) is 0 Å². The number of amides is 1. The van der Waals surface area contributed by atoms with Crippen LogP contribution < -0.4 is 4.90 Å². The van der Waals surface area contributed by atoms with Crippen LogP contribution >= 0.6 is 0 Å². The molecule has 92 valence electrons. The molecular weight excluding hydrogens is 212 g/mol. The van der Waals surface area contributed by atoms with Crippen molar-refractivity contribution in [1.29, 1.82) is 0 Å². The molecule has 1 heterocycles. The first-order valence-electron chi connectivity index (χ1n) is 6.06. The summed E-state index contributed by atoms with van der Waals surface area (Å²) in [7, 11) is 6.02. The molecule has 0 fully saturated rings. The van der Waals surface area contributed by atoms with Crippen LogP contribution in [0.15, 0.2) is 18.2 Å². The summed E-state index contributed by atoms with van der Waals surface area (Å²) in [4.78, 5) is 15.6. The molecule has 1 aromatic rings. The number of rotatable bonds is 2. The van der Waals surface area contributed by atoms with Crippen LogP contribution in [0.4, 0.5) is 5.69 Å². The molecule has 0 bridgehead atoms. The molecule has 1 atom stereocenters. The van der Waals surface area contributed by atoms with Crippen LogP contribution in [0.25, 0.3) is 0 Å². The molecule has 1 aliphatic rings. The van der Waals surface area contributed by atoms with E-state index in [0.717, 1.165) is 12.1 Å². The molecule has 1 unspecified atom stereocenters. The van der Waals surface area contributed by atoms with E-state index in [-0.39, 0.29) is 5.91 Å². The summed E-state index contributed by atoms with van der Waals surface area (Å²) in [5.41, 5.74) is 3.67. The van der Waals surface area contributed by atoms with Crippen molar-refractivity contribution in [3.63, 3.8) is 0 Å². The van der Waals surface area contributed by atoms with Crippen molar-refractivity contribution in [1.82, 2.24) is 4.90 Å². The van der Waals surface area contributed by atoms with Crippen molar-refractivity contribution in [3.05, 3.63) is 29.3 Å². The summed E-state index contributed by atoms with van der Waals surface area (Å²) >= 11 is 0. The summed E-state index contributed by atoms with van der Waals surface area (Å²) in [5.74, 6) is 0.214. The van der Waals surface area contributed by atoms with Crippen LogP contribution in [0, 0.1) is 0 Å². The minimum atomic E-state index is 0.214. The lowest BCUT2D eigenvalue weighted by Crippen LogP contribution is -2.31. The molecule has 3 nitrogen and oxygen atoms in total. The monoisotopic (exact) mass is 232 g/mol. The highest BCUT2D eigenvalue weighted by atomic mass is 16.2. The maximum atomic E-state index is 11.6. The molecular formula is C14H20N2O. The average Bonchev–Trinajstić information content (AvgIpc) is 2.32. The van der Waals surface area contributed by atoms with Gasteiger partial charge in [-0.2, -0.15) is 0 Å². The van der Waals surface area contributed by atoms with Gasteiger partial charge in [-0.15, -0.1) is 0 Å². The van der Waals surface area contributed by atoms with E-state index in [0.29, 0.717) is 12.5 Å². The normalized spacial score (nSPS) is 17.2. The third-order valence-corrected chi connectivity index (χ3v) is 3.70. The molecule has 0 spiro atoms. The van der Waals surface area contributed by atoms with E-state index < -0.39 is 0 Å². The maximum absolute atomic E-state index is 11.6. The van der Waals surface area contributed by atoms with Crippen molar-refractivity contribution < 1.29 is 4.79 Å². The van der Waals surface area contributed by atoms with E-state index in [4.69, 9.17) is 0 Å². The van der Waals surface area contributed by atoms with Gasteiger partial charge in [-0.05, 0) is 44.6 Å². The molecule has 17 heavy (non-hydrogen) atoms. The largest absolute Gasteiger partial charge is 0.315 e. The van der Waals surface area contributed by atoms with E-state index >= 15 is 0 Å². The van der Waals surface area contributed by atoms with Crippen molar-refractivity contribution in [2.45, 2.75) is 25.8 Å².